The minimum absolute atomic E-state index is 0.128. The fourth-order valence-electron chi connectivity index (χ4n) is 2.62. The first-order chi connectivity index (χ1) is 11.0. The highest BCUT2D eigenvalue weighted by Crippen LogP contribution is 2.27. The number of carbonyl (C=O) groups excluding carboxylic acids is 1. The first-order valence-corrected chi connectivity index (χ1v) is 8.63. The molecule has 1 N–H and O–H groups in total. The molecule has 1 amide bonds. The lowest BCUT2D eigenvalue weighted by Crippen LogP contribution is -2.27. The Morgan fingerprint density at radius 3 is 2.87 bits per heavy atom. The summed E-state index contributed by atoms with van der Waals surface area (Å²) < 4.78 is 0. The molecule has 1 aliphatic carbocycles. The van der Waals surface area contributed by atoms with Crippen molar-refractivity contribution in [2.24, 2.45) is 0 Å². The lowest BCUT2D eigenvalue weighted by Gasteiger charge is -2.12. The van der Waals surface area contributed by atoms with Gasteiger partial charge in [0.1, 0.15) is 0 Å². The summed E-state index contributed by atoms with van der Waals surface area (Å²) in [5.74, 6) is 0.480. The fourth-order valence-corrected chi connectivity index (χ4v) is 3.78. The zero-order chi connectivity index (χ0) is 16.4. The first-order valence-electron chi connectivity index (χ1n) is 7.81. The van der Waals surface area contributed by atoms with Crippen molar-refractivity contribution in [2.45, 2.75) is 32.6 Å². The van der Waals surface area contributed by atoms with Gasteiger partial charge in [0.2, 0.25) is 5.95 Å². The van der Waals surface area contributed by atoms with Crippen molar-refractivity contribution in [3.05, 3.63) is 33.0 Å². The highest BCUT2D eigenvalue weighted by Gasteiger charge is 2.17. The van der Waals surface area contributed by atoms with E-state index in [4.69, 9.17) is 0 Å². The largest absolute Gasteiger partial charge is 0.352 e. The number of rotatable bonds is 5. The first kappa shape index (κ1) is 15.9. The van der Waals surface area contributed by atoms with Crippen LogP contribution in [0.25, 0.3) is 0 Å². The minimum Gasteiger partial charge on any atom is -0.352 e. The van der Waals surface area contributed by atoms with E-state index in [0.717, 1.165) is 24.3 Å². The summed E-state index contributed by atoms with van der Waals surface area (Å²) in [5.41, 5.74) is 2.48. The second kappa shape index (κ2) is 6.62. The van der Waals surface area contributed by atoms with E-state index in [9.17, 15) is 4.79 Å². The molecule has 0 aromatic carbocycles. The molecule has 2 aromatic rings. The van der Waals surface area contributed by atoms with Crippen LogP contribution in [0.4, 0.5) is 5.95 Å². The molecule has 2 heterocycles. The standard InChI is InChI=1S/C16H21N5OS/c1-10-11(9-18-16(19-10)21(2)3)15(22)17-8-7-14-20-12-5-4-6-13(12)23-14/h9H,4-8H2,1-3H3,(H,17,22). The van der Waals surface area contributed by atoms with Crippen LogP contribution in [0.1, 0.15) is 38.1 Å². The number of amides is 1. The van der Waals surface area contributed by atoms with E-state index >= 15 is 0 Å². The lowest BCUT2D eigenvalue weighted by atomic mass is 10.2. The van der Waals surface area contributed by atoms with Gasteiger partial charge in [-0.25, -0.2) is 15.0 Å². The SMILES string of the molecule is Cc1nc(N(C)C)ncc1C(=O)NCCc1nc2c(s1)CCC2. The molecule has 122 valence electrons. The lowest BCUT2D eigenvalue weighted by molar-refractivity contribution is 0.0952. The van der Waals surface area contributed by atoms with Gasteiger partial charge in [-0.1, -0.05) is 0 Å². The molecule has 0 bridgehead atoms. The Morgan fingerprint density at radius 2 is 2.17 bits per heavy atom. The number of hydrogen-bond acceptors (Lipinski definition) is 6. The summed E-state index contributed by atoms with van der Waals surface area (Å²) in [4.78, 5) is 28.7. The Morgan fingerprint density at radius 1 is 1.35 bits per heavy atom. The van der Waals surface area contributed by atoms with Gasteiger partial charge in [-0.2, -0.15) is 0 Å². The van der Waals surface area contributed by atoms with Crippen LogP contribution in [0.3, 0.4) is 0 Å². The number of anilines is 1. The summed E-state index contributed by atoms with van der Waals surface area (Å²) in [7, 11) is 3.75. The van der Waals surface area contributed by atoms with Gasteiger partial charge in [0.05, 0.1) is 22.0 Å². The Hall–Kier alpha value is -2.02. The molecule has 0 saturated carbocycles. The van der Waals surface area contributed by atoms with E-state index in [2.05, 4.69) is 20.3 Å². The molecule has 0 spiro atoms. The molecule has 0 fully saturated rings. The van der Waals surface area contributed by atoms with Gasteiger partial charge in [-0.15, -0.1) is 11.3 Å². The van der Waals surface area contributed by atoms with E-state index < -0.39 is 0 Å². The minimum atomic E-state index is -0.128. The van der Waals surface area contributed by atoms with Crippen molar-refractivity contribution in [2.75, 3.05) is 25.5 Å². The Balaban J connectivity index is 1.56. The number of aromatic nitrogens is 3. The molecule has 2 aromatic heterocycles. The Labute approximate surface area is 140 Å². The van der Waals surface area contributed by atoms with Crippen LogP contribution in [-0.4, -0.2) is 41.5 Å². The Bertz CT molecular complexity index is 704. The van der Waals surface area contributed by atoms with Crippen molar-refractivity contribution in [3.8, 4) is 0 Å². The van der Waals surface area contributed by atoms with E-state index in [1.165, 1.54) is 17.0 Å². The Kier molecular flexibility index (Phi) is 4.56. The van der Waals surface area contributed by atoms with E-state index in [1.54, 1.807) is 17.5 Å². The molecular formula is C16H21N5OS. The van der Waals surface area contributed by atoms with Gasteiger partial charge in [0.25, 0.3) is 5.91 Å². The van der Waals surface area contributed by atoms with Crippen LogP contribution >= 0.6 is 11.3 Å². The van der Waals surface area contributed by atoms with Gasteiger partial charge >= 0.3 is 0 Å². The highest BCUT2D eigenvalue weighted by atomic mass is 32.1. The number of thiazole rings is 1. The van der Waals surface area contributed by atoms with Crippen molar-refractivity contribution in [1.82, 2.24) is 20.3 Å². The zero-order valence-corrected chi connectivity index (χ0v) is 14.5. The maximum atomic E-state index is 12.3. The van der Waals surface area contributed by atoms with Gasteiger partial charge in [0.15, 0.2) is 0 Å². The van der Waals surface area contributed by atoms with Gasteiger partial charge in [0, 0.05) is 38.1 Å². The summed E-state index contributed by atoms with van der Waals surface area (Å²) >= 11 is 1.79. The van der Waals surface area contributed by atoms with Gasteiger partial charge in [-0.05, 0) is 26.2 Å². The van der Waals surface area contributed by atoms with Crippen molar-refractivity contribution in [1.29, 1.82) is 0 Å². The van der Waals surface area contributed by atoms with Gasteiger partial charge in [-0.3, -0.25) is 4.79 Å². The highest BCUT2D eigenvalue weighted by molar-refractivity contribution is 7.11. The molecule has 0 atom stereocenters. The fraction of sp³-hybridized carbons (Fsp3) is 0.500. The van der Waals surface area contributed by atoms with Crippen LogP contribution in [0.2, 0.25) is 0 Å². The van der Waals surface area contributed by atoms with Crippen molar-refractivity contribution >= 4 is 23.2 Å². The number of nitrogens with one attached hydrogen (secondary N) is 1. The number of aryl methyl sites for hydroxylation is 3. The quantitative estimate of drug-likeness (QED) is 0.904. The molecular weight excluding hydrogens is 310 g/mol. The third kappa shape index (κ3) is 3.50. The zero-order valence-electron chi connectivity index (χ0n) is 13.7. The molecule has 3 rings (SSSR count). The number of nitrogens with zero attached hydrogens (tertiary/aromatic N) is 4. The molecule has 0 aliphatic heterocycles. The molecule has 0 unspecified atom stereocenters. The maximum Gasteiger partial charge on any atom is 0.254 e. The maximum absolute atomic E-state index is 12.3. The molecule has 0 saturated heterocycles. The summed E-state index contributed by atoms with van der Waals surface area (Å²) in [6, 6.07) is 0. The van der Waals surface area contributed by atoms with Crippen molar-refractivity contribution in [3.63, 3.8) is 0 Å². The molecule has 23 heavy (non-hydrogen) atoms. The molecule has 6 nitrogen and oxygen atoms in total. The number of hydrogen-bond donors (Lipinski definition) is 1. The average Bonchev–Trinajstić information content (AvgIpc) is 3.08. The summed E-state index contributed by atoms with van der Waals surface area (Å²) in [5, 5.41) is 4.05. The number of carbonyl (C=O) groups is 1. The second-order valence-corrected chi connectivity index (χ2v) is 7.07. The second-order valence-electron chi connectivity index (χ2n) is 5.90. The van der Waals surface area contributed by atoms with Gasteiger partial charge < -0.3 is 10.2 Å². The van der Waals surface area contributed by atoms with Crippen LogP contribution in [0.5, 0.6) is 0 Å². The molecule has 1 aliphatic rings. The summed E-state index contributed by atoms with van der Waals surface area (Å²) in [6.45, 7) is 2.41. The van der Waals surface area contributed by atoms with Crippen LogP contribution in [-0.2, 0) is 19.3 Å². The third-order valence-corrected chi connectivity index (χ3v) is 5.09. The topological polar surface area (TPSA) is 71.0 Å². The van der Waals surface area contributed by atoms with E-state index in [1.807, 2.05) is 25.9 Å². The monoisotopic (exact) mass is 331 g/mol. The summed E-state index contributed by atoms with van der Waals surface area (Å²) in [6.07, 6.45) is 5.86. The smallest absolute Gasteiger partial charge is 0.254 e. The molecule has 0 radical (unpaired) electrons. The molecule has 7 heteroatoms. The van der Waals surface area contributed by atoms with Crippen molar-refractivity contribution < 1.29 is 4.79 Å². The third-order valence-electron chi connectivity index (χ3n) is 3.88. The predicted octanol–water partition coefficient (Wildman–Crippen LogP) is 1.77. The normalized spacial score (nSPS) is 13.0. The number of fused-ring (bicyclic) bond motifs is 1. The van der Waals surface area contributed by atoms with E-state index in [0.29, 0.717) is 23.8 Å². The van der Waals surface area contributed by atoms with E-state index in [-0.39, 0.29) is 5.91 Å². The van der Waals surface area contributed by atoms with Crippen LogP contribution < -0.4 is 10.2 Å². The average molecular weight is 331 g/mol. The van der Waals surface area contributed by atoms with Crippen LogP contribution in [0, 0.1) is 6.92 Å². The van der Waals surface area contributed by atoms with Crippen LogP contribution in [0.15, 0.2) is 6.20 Å². The predicted molar refractivity (Wildman–Crippen MR) is 91.3 cm³/mol.